The van der Waals surface area contributed by atoms with Gasteiger partial charge < -0.3 is 5.32 Å². The van der Waals surface area contributed by atoms with Gasteiger partial charge in [0.25, 0.3) is 5.56 Å². The molecule has 7 heteroatoms. The van der Waals surface area contributed by atoms with Crippen LogP contribution in [-0.2, 0) is 24.2 Å². The lowest BCUT2D eigenvalue weighted by Gasteiger charge is -2.07. The number of fused-ring (bicyclic) bond motifs is 1. The minimum atomic E-state index is -0.307. The highest BCUT2D eigenvalue weighted by atomic mass is 32.1. The molecule has 1 aliphatic rings. The van der Waals surface area contributed by atoms with Gasteiger partial charge in [-0.05, 0) is 31.7 Å². The smallest absolute Gasteiger partial charge is 0.267 e. The molecule has 0 aliphatic heterocycles. The zero-order valence-corrected chi connectivity index (χ0v) is 15.0. The van der Waals surface area contributed by atoms with E-state index in [0.717, 1.165) is 30.5 Å². The number of amides is 1. The van der Waals surface area contributed by atoms with E-state index >= 15 is 0 Å². The van der Waals surface area contributed by atoms with Crippen molar-refractivity contribution in [1.82, 2.24) is 14.8 Å². The van der Waals surface area contributed by atoms with Gasteiger partial charge in [-0.1, -0.05) is 30.3 Å². The number of carbonyl (C=O) groups is 1. The zero-order chi connectivity index (χ0) is 17.9. The molecule has 4 rings (SSSR count). The van der Waals surface area contributed by atoms with Crippen LogP contribution in [-0.4, -0.2) is 20.7 Å². The quantitative estimate of drug-likeness (QED) is 0.770. The molecule has 0 spiro atoms. The number of benzene rings is 1. The summed E-state index contributed by atoms with van der Waals surface area (Å²) in [6.45, 7) is -0.135. The molecule has 1 aliphatic carbocycles. The predicted octanol–water partition coefficient (Wildman–Crippen LogP) is 2.88. The van der Waals surface area contributed by atoms with Crippen LogP contribution >= 0.6 is 11.3 Å². The van der Waals surface area contributed by atoms with Crippen LogP contribution in [0.25, 0.3) is 11.3 Å². The Hall–Kier alpha value is -2.80. The Kier molecular flexibility index (Phi) is 4.62. The van der Waals surface area contributed by atoms with Crippen molar-refractivity contribution < 1.29 is 4.79 Å². The summed E-state index contributed by atoms with van der Waals surface area (Å²) in [4.78, 5) is 30.2. The number of hydrogen-bond donors (Lipinski definition) is 1. The molecule has 0 unspecified atom stereocenters. The van der Waals surface area contributed by atoms with E-state index in [0.29, 0.717) is 10.8 Å². The minimum absolute atomic E-state index is 0.135. The predicted molar refractivity (Wildman–Crippen MR) is 101 cm³/mol. The topological polar surface area (TPSA) is 76.9 Å². The van der Waals surface area contributed by atoms with E-state index in [2.05, 4.69) is 15.4 Å². The monoisotopic (exact) mass is 366 g/mol. The van der Waals surface area contributed by atoms with Crippen molar-refractivity contribution >= 4 is 22.4 Å². The van der Waals surface area contributed by atoms with Gasteiger partial charge in [0, 0.05) is 16.5 Å². The van der Waals surface area contributed by atoms with Crippen molar-refractivity contribution in [3.05, 3.63) is 63.4 Å². The zero-order valence-electron chi connectivity index (χ0n) is 14.1. The van der Waals surface area contributed by atoms with Crippen LogP contribution < -0.4 is 10.9 Å². The Morgan fingerprint density at radius 1 is 1.12 bits per heavy atom. The van der Waals surface area contributed by atoms with Gasteiger partial charge in [-0.2, -0.15) is 5.10 Å². The third-order valence-corrected chi connectivity index (χ3v) is 5.39. The summed E-state index contributed by atoms with van der Waals surface area (Å²) in [5, 5.41) is 7.72. The van der Waals surface area contributed by atoms with Gasteiger partial charge in [0.15, 0.2) is 5.13 Å². The Bertz CT molecular complexity index is 971. The van der Waals surface area contributed by atoms with Gasteiger partial charge in [0.05, 0.1) is 11.4 Å². The molecule has 26 heavy (non-hydrogen) atoms. The van der Waals surface area contributed by atoms with Crippen molar-refractivity contribution in [3.8, 4) is 11.3 Å². The fourth-order valence-electron chi connectivity index (χ4n) is 3.03. The molecule has 0 atom stereocenters. The number of rotatable bonds is 4. The fraction of sp³-hybridized carbons (Fsp3) is 0.263. The molecule has 2 heterocycles. The summed E-state index contributed by atoms with van der Waals surface area (Å²) in [6, 6.07) is 12.7. The number of aryl methyl sites for hydroxylation is 2. The van der Waals surface area contributed by atoms with E-state index in [1.165, 1.54) is 33.4 Å². The van der Waals surface area contributed by atoms with Crippen molar-refractivity contribution in [2.24, 2.45) is 0 Å². The molecular weight excluding hydrogens is 348 g/mol. The maximum absolute atomic E-state index is 12.4. The van der Waals surface area contributed by atoms with Crippen molar-refractivity contribution in [3.63, 3.8) is 0 Å². The van der Waals surface area contributed by atoms with E-state index in [4.69, 9.17) is 0 Å². The average molecular weight is 366 g/mol. The summed E-state index contributed by atoms with van der Waals surface area (Å²) >= 11 is 1.53. The standard InChI is InChI=1S/C19H18N4O2S/c24-17(21-19-20-15-8-4-5-9-16(15)26-19)12-23-18(25)11-10-14(22-23)13-6-2-1-3-7-13/h1-3,6-7,10-11H,4-5,8-9,12H2,(H,20,21,24). The molecule has 3 aromatic rings. The number of carbonyl (C=O) groups excluding carboxylic acids is 1. The van der Waals surface area contributed by atoms with Crippen molar-refractivity contribution in [2.45, 2.75) is 32.2 Å². The molecule has 0 radical (unpaired) electrons. The van der Waals surface area contributed by atoms with Gasteiger partial charge in [0.1, 0.15) is 6.54 Å². The number of nitrogens with one attached hydrogen (secondary N) is 1. The van der Waals surface area contributed by atoms with Crippen LogP contribution in [0.1, 0.15) is 23.4 Å². The highest BCUT2D eigenvalue weighted by molar-refractivity contribution is 7.15. The second-order valence-electron chi connectivity index (χ2n) is 6.22. The molecule has 0 bridgehead atoms. The van der Waals surface area contributed by atoms with Crippen LogP contribution in [0, 0.1) is 0 Å². The first-order chi connectivity index (χ1) is 12.7. The first kappa shape index (κ1) is 16.7. The lowest BCUT2D eigenvalue weighted by atomic mass is 10.0. The lowest BCUT2D eigenvalue weighted by Crippen LogP contribution is -2.29. The highest BCUT2D eigenvalue weighted by Gasteiger charge is 2.17. The molecule has 1 N–H and O–H groups in total. The largest absolute Gasteiger partial charge is 0.300 e. The van der Waals surface area contributed by atoms with E-state index in [-0.39, 0.29) is 18.0 Å². The third kappa shape index (κ3) is 3.57. The minimum Gasteiger partial charge on any atom is -0.300 e. The summed E-state index contributed by atoms with van der Waals surface area (Å²) in [5.74, 6) is -0.295. The third-order valence-electron chi connectivity index (χ3n) is 4.32. The van der Waals surface area contributed by atoms with Gasteiger partial charge in [-0.15, -0.1) is 11.3 Å². The van der Waals surface area contributed by atoms with Crippen LogP contribution in [0.15, 0.2) is 47.3 Å². The number of hydrogen-bond acceptors (Lipinski definition) is 5. The van der Waals surface area contributed by atoms with Crippen LogP contribution in [0.2, 0.25) is 0 Å². The molecule has 132 valence electrons. The Morgan fingerprint density at radius 3 is 2.73 bits per heavy atom. The van der Waals surface area contributed by atoms with Crippen LogP contribution in [0.5, 0.6) is 0 Å². The Labute approximate surface area is 154 Å². The molecule has 1 amide bonds. The van der Waals surface area contributed by atoms with Crippen LogP contribution in [0.3, 0.4) is 0 Å². The highest BCUT2D eigenvalue weighted by Crippen LogP contribution is 2.29. The molecule has 6 nitrogen and oxygen atoms in total. The SMILES string of the molecule is O=C(Cn1nc(-c2ccccc2)ccc1=O)Nc1nc2c(s1)CCCC2. The molecule has 0 fully saturated rings. The van der Waals surface area contributed by atoms with E-state index in [1.807, 2.05) is 30.3 Å². The summed E-state index contributed by atoms with van der Waals surface area (Å²) in [5.41, 5.74) is 2.34. The first-order valence-electron chi connectivity index (χ1n) is 8.61. The van der Waals surface area contributed by atoms with Crippen LogP contribution in [0.4, 0.5) is 5.13 Å². The van der Waals surface area contributed by atoms with E-state index in [1.54, 1.807) is 6.07 Å². The summed E-state index contributed by atoms with van der Waals surface area (Å²) < 4.78 is 1.19. The maximum Gasteiger partial charge on any atom is 0.267 e. The molecule has 0 saturated heterocycles. The number of aromatic nitrogens is 3. The number of nitrogens with zero attached hydrogens (tertiary/aromatic N) is 3. The second kappa shape index (κ2) is 7.21. The van der Waals surface area contributed by atoms with Gasteiger partial charge >= 0.3 is 0 Å². The van der Waals surface area contributed by atoms with Gasteiger partial charge in [-0.25, -0.2) is 9.67 Å². The normalized spacial score (nSPS) is 13.2. The molecule has 2 aromatic heterocycles. The lowest BCUT2D eigenvalue weighted by molar-refractivity contribution is -0.117. The second-order valence-corrected chi connectivity index (χ2v) is 7.31. The molecular formula is C19H18N4O2S. The van der Waals surface area contributed by atoms with Crippen molar-refractivity contribution in [1.29, 1.82) is 0 Å². The maximum atomic E-state index is 12.4. The fourth-order valence-corrected chi connectivity index (χ4v) is 4.09. The number of thiazole rings is 1. The molecule has 1 aromatic carbocycles. The Balaban J connectivity index is 1.50. The van der Waals surface area contributed by atoms with E-state index < -0.39 is 0 Å². The van der Waals surface area contributed by atoms with E-state index in [9.17, 15) is 9.59 Å². The van der Waals surface area contributed by atoms with Gasteiger partial charge in [0.2, 0.25) is 5.91 Å². The number of anilines is 1. The first-order valence-corrected chi connectivity index (χ1v) is 9.43. The molecule has 0 saturated carbocycles. The van der Waals surface area contributed by atoms with Gasteiger partial charge in [-0.3, -0.25) is 9.59 Å². The van der Waals surface area contributed by atoms with Crippen molar-refractivity contribution in [2.75, 3.05) is 5.32 Å². The average Bonchev–Trinajstić information content (AvgIpc) is 3.06. The summed E-state index contributed by atoms with van der Waals surface area (Å²) in [7, 11) is 0. The summed E-state index contributed by atoms with van der Waals surface area (Å²) in [6.07, 6.45) is 4.33. The Morgan fingerprint density at radius 2 is 1.92 bits per heavy atom.